The summed E-state index contributed by atoms with van der Waals surface area (Å²) in [5.74, 6) is 2.35. The van der Waals surface area contributed by atoms with Crippen LogP contribution in [0.1, 0.15) is 22.9 Å². The Morgan fingerprint density at radius 3 is 2.68 bits per heavy atom. The van der Waals surface area contributed by atoms with Gasteiger partial charge in [-0.05, 0) is 24.6 Å². The van der Waals surface area contributed by atoms with Gasteiger partial charge in [0.05, 0.1) is 5.02 Å². The number of aryl methyl sites for hydroxylation is 1. The maximum Gasteiger partial charge on any atom is 0.247 e. The fraction of sp³-hybridized carbons (Fsp3) is 0.160. The summed E-state index contributed by atoms with van der Waals surface area (Å²) in [6.45, 7) is 2.24. The van der Waals surface area contributed by atoms with E-state index >= 15 is 0 Å². The molecule has 0 fully saturated rings. The second-order valence-electron chi connectivity index (χ2n) is 7.94. The van der Waals surface area contributed by atoms with Crippen molar-refractivity contribution < 1.29 is 14.2 Å². The Morgan fingerprint density at radius 2 is 1.82 bits per heavy atom. The topological polar surface area (TPSA) is 78.4 Å². The minimum absolute atomic E-state index is 0.165. The average molecular weight is 491 g/mol. The SMILES string of the molecule is Cc1ccc(CSc2nnc3c(n2)O[C@@H](c2cc4c(cc2Cl)OCO4)Nc2ccccc2-3)cc1. The molecule has 0 saturated heterocycles. The third kappa shape index (κ3) is 3.99. The number of ether oxygens (including phenoxy) is 3. The number of thioether (sulfide) groups is 1. The van der Waals surface area contributed by atoms with Gasteiger partial charge in [0.2, 0.25) is 17.8 Å². The molecule has 1 N–H and O–H groups in total. The summed E-state index contributed by atoms with van der Waals surface area (Å²) in [5.41, 5.74) is 5.39. The van der Waals surface area contributed by atoms with Crippen LogP contribution in [0.5, 0.6) is 17.4 Å². The molecule has 0 bridgehead atoms. The maximum atomic E-state index is 6.60. The Balaban J connectivity index is 1.36. The molecule has 4 aromatic rings. The second-order valence-corrected chi connectivity index (χ2v) is 9.29. The zero-order valence-corrected chi connectivity index (χ0v) is 19.7. The predicted molar refractivity (Wildman–Crippen MR) is 131 cm³/mol. The molecule has 1 atom stereocenters. The van der Waals surface area contributed by atoms with Crippen molar-refractivity contribution in [2.75, 3.05) is 12.1 Å². The normalized spacial score (nSPS) is 15.5. The Kier molecular flexibility index (Phi) is 5.39. The molecule has 2 aliphatic rings. The molecule has 3 aromatic carbocycles. The third-order valence-corrected chi connectivity index (χ3v) is 6.83. The van der Waals surface area contributed by atoms with Crippen LogP contribution in [-0.4, -0.2) is 22.0 Å². The smallest absolute Gasteiger partial charge is 0.247 e. The van der Waals surface area contributed by atoms with Crippen LogP contribution in [0.3, 0.4) is 0 Å². The van der Waals surface area contributed by atoms with Crippen molar-refractivity contribution in [1.29, 1.82) is 0 Å². The van der Waals surface area contributed by atoms with Crippen molar-refractivity contribution in [1.82, 2.24) is 15.2 Å². The summed E-state index contributed by atoms with van der Waals surface area (Å²) in [6.07, 6.45) is -0.615. The fourth-order valence-electron chi connectivity index (χ4n) is 3.82. The Morgan fingerprint density at radius 1 is 1.03 bits per heavy atom. The zero-order valence-electron chi connectivity index (χ0n) is 18.1. The first-order chi connectivity index (χ1) is 16.6. The van der Waals surface area contributed by atoms with Crippen LogP contribution in [0.4, 0.5) is 5.69 Å². The van der Waals surface area contributed by atoms with E-state index < -0.39 is 6.23 Å². The van der Waals surface area contributed by atoms with Crippen LogP contribution in [-0.2, 0) is 5.75 Å². The number of aromatic nitrogens is 3. The molecule has 0 radical (unpaired) electrons. The predicted octanol–water partition coefficient (Wildman–Crippen LogP) is 6.02. The van der Waals surface area contributed by atoms with Gasteiger partial charge in [0.25, 0.3) is 0 Å². The summed E-state index contributed by atoms with van der Waals surface area (Å²) in [5, 5.41) is 13.3. The van der Waals surface area contributed by atoms with Gasteiger partial charge in [0.15, 0.2) is 23.4 Å². The van der Waals surface area contributed by atoms with Crippen LogP contribution in [0.25, 0.3) is 11.3 Å². The standard InChI is InChI=1S/C25H19ClN4O3S/c1-14-6-8-15(9-7-14)12-34-25-28-24-22(29-30-25)16-4-2-3-5-19(16)27-23(33-24)17-10-20-21(11-18(17)26)32-13-31-20/h2-11,23,27H,12-13H2,1H3/t23-/m0/s1. The molecule has 0 saturated carbocycles. The highest BCUT2D eigenvalue weighted by molar-refractivity contribution is 7.98. The van der Waals surface area contributed by atoms with Gasteiger partial charge in [-0.1, -0.05) is 71.4 Å². The summed E-state index contributed by atoms with van der Waals surface area (Å²) >= 11 is 8.11. The number of para-hydroxylation sites is 1. The highest BCUT2D eigenvalue weighted by Crippen LogP contribution is 2.44. The first-order valence-corrected chi connectivity index (χ1v) is 12.0. The number of benzene rings is 3. The molecule has 0 amide bonds. The van der Waals surface area contributed by atoms with Gasteiger partial charge >= 0.3 is 0 Å². The maximum absolute atomic E-state index is 6.60. The molecule has 170 valence electrons. The molecule has 0 spiro atoms. The number of halogens is 1. The first-order valence-electron chi connectivity index (χ1n) is 10.7. The summed E-state index contributed by atoms with van der Waals surface area (Å²) < 4.78 is 17.3. The third-order valence-electron chi connectivity index (χ3n) is 5.60. The quantitative estimate of drug-likeness (QED) is 0.348. The van der Waals surface area contributed by atoms with E-state index in [4.69, 9.17) is 30.8 Å². The van der Waals surface area contributed by atoms with E-state index in [0.29, 0.717) is 38.8 Å². The molecule has 0 unspecified atom stereocenters. The lowest BCUT2D eigenvalue weighted by atomic mass is 10.1. The van der Waals surface area contributed by atoms with Crippen LogP contribution < -0.4 is 19.5 Å². The van der Waals surface area contributed by atoms with Crippen LogP contribution >= 0.6 is 23.4 Å². The fourth-order valence-corrected chi connectivity index (χ4v) is 4.80. The molecule has 0 aliphatic carbocycles. The van der Waals surface area contributed by atoms with E-state index in [1.54, 1.807) is 6.07 Å². The highest BCUT2D eigenvalue weighted by Gasteiger charge is 2.29. The van der Waals surface area contributed by atoms with Gasteiger partial charge in [-0.3, -0.25) is 0 Å². The molecule has 34 heavy (non-hydrogen) atoms. The van der Waals surface area contributed by atoms with E-state index in [1.807, 2.05) is 30.3 Å². The van der Waals surface area contributed by atoms with Gasteiger partial charge in [-0.15, -0.1) is 10.2 Å². The zero-order chi connectivity index (χ0) is 23.1. The monoisotopic (exact) mass is 490 g/mol. The van der Waals surface area contributed by atoms with Crippen molar-refractivity contribution in [3.05, 3.63) is 82.4 Å². The Labute approximate surface area is 205 Å². The molecule has 1 aromatic heterocycles. The van der Waals surface area contributed by atoms with Crippen molar-refractivity contribution >= 4 is 29.1 Å². The lowest BCUT2D eigenvalue weighted by Crippen LogP contribution is -2.17. The summed E-state index contributed by atoms with van der Waals surface area (Å²) in [7, 11) is 0. The molecule has 2 aliphatic heterocycles. The number of fused-ring (bicyclic) bond motifs is 4. The lowest BCUT2D eigenvalue weighted by molar-refractivity contribution is 0.173. The van der Waals surface area contributed by atoms with E-state index in [1.165, 1.54) is 22.9 Å². The number of hydrogen-bond donors (Lipinski definition) is 1. The molecular formula is C25H19ClN4O3S. The summed E-state index contributed by atoms with van der Waals surface area (Å²) in [4.78, 5) is 4.71. The Hall–Kier alpha value is -3.49. The van der Waals surface area contributed by atoms with Gasteiger partial charge < -0.3 is 19.5 Å². The van der Waals surface area contributed by atoms with Crippen LogP contribution in [0.15, 0.2) is 65.8 Å². The number of anilines is 1. The lowest BCUT2D eigenvalue weighted by Gasteiger charge is -2.20. The van der Waals surface area contributed by atoms with Crippen molar-refractivity contribution in [3.63, 3.8) is 0 Å². The number of hydrogen-bond acceptors (Lipinski definition) is 8. The van der Waals surface area contributed by atoms with Crippen LogP contribution in [0, 0.1) is 6.92 Å². The van der Waals surface area contributed by atoms with E-state index in [0.717, 1.165) is 17.0 Å². The molecular weight excluding hydrogens is 472 g/mol. The number of nitrogens with zero attached hydrogens (tertiary/aromatic N) is 3. The van der Waals surface area contributed by atoms with Gasteiger partial charge in [0.1, 0.15) is 0 Å². The van der Waals surface area contributed by atoms with Crippen molar-refractivity contribution in [2.45, 2.75) is 24.1 Å². The van der Waals surface area contributed by atoms with Crippen molar-refractivity contribution in [3.8, 4) is 28.6 Å². The van der Waals surface area contributed by atoms with Crippen molar-refractivity contribution in [2.24, 2.45) is 0 Å². The average Bonchev–Trinajstić information content (AvgIpc) is 3.23. The van der Waals surface area contributed by atoms with Gasteiger partial charge in [-0.2, -0.15) is 4.98 Å². The largest absolute Gasteiger partial charge is 0.454 e. The number of nitrogens with one attached hydrogen (secondary N) is 1. The molecule has 9 heteroatoms. The Bertz CT molecular complexity index is 1380. The van der Waals surface area contributed by atoms with Gasteiger partial charge in [0, 0.05) is 28.6 Å². The van der Waals surface area contributed by atoms with Gasteiger partial charge in [-0.25, -0.2) is 0 Å². The van der Waals surface area contributed by atoms with E-state index in [-0.39, 0.29) is 6.79 Å². The first kappa shape index (κ1) is 21.1. The minimum Gasteiger partial charge on any atom is -0.454 e. The van der Waals surface area contributed by atoms with E-state index in [9.17, 15) is 0 Å². The highest BCUT2D eigenvalue weighted by atomic mass is 35.5. The summed E-state index contributed by atoms with van der Waals surface area (Å²) in [6, 6.07) is 19.8. The minimum atomic E-state index is -0.615. The molecule has 7 nitrogen and oxygen atoms in total. The van der Waals surface area contributed by atoms with E-state index in [2.05, 4.69) is 46.7 Å². The number of rotatable bonds is 4. The second kappa shape index (κ2) is 8.70. The molecule has 6 rings (SSSR count). The van der Waals surface area contributed by atoms with Crippen LogP contribution in [0.2, 0.25) is 5.02 Å². The molecule has 3 heterocycles.